The maximum Gasteiger partial charge on any atom is 0.106 e. The van der Waals surface area contributed by atoms with E-state index in [1.807, 2.05) is 18.2 Å². The highest BCUT2D eigenvalue weighted by molar-refractivity contribution is 7.80. The van der Waals surface area contributed by atoms with E-state index in [0.29, 0.717) is 10.0 Å². The van der Waals surface area contributed by atoms with Gasteiger partial charge in [0.2, 0.25) is 0 Å². The largest absolute Gasteiger partial charge is 0.389 e. The van der Waals surface area contributed by atoms with Crippen molar-refractivity contribution in [3.05, 3.63) is 28.8 Å². The Morgan fingerprint density at radius 1 is 1.37 bits per heavy atom. The summed E-state index contributed by atoms with van der Waals surface area (Å²) < 4.78 is 0. The van der Waals surface area contributed by atoms with Crippen LogP contribution in [0.3, 0.4) is 0 Å². The second-order valence-corrected chi connectivity index (χ2v) is 6.44. The molecule has 0 radical (unpaired) electrons. The highest BCUT2D eigenvalue weighted by Gasteiger charge is 2.18. The van der Waals surface area contributed by atoms with E-state index < -0.39 is 0 Å². The van der Waals surface area contributed by atoms with Gasteiger partial charge in [0.05, 0.1) is 0 Å². The minimum absolute atomic E-state index is 0.413. The van der Waals surface area contributed by atoms with Crippen molar-refractivity contribution in [3.63, 3.8) is 0 Å². The molecule has 0 heterocycles. The van der Waals surface area contributed by atoms with Crippen LogP contribution < -0.4 is 11.1 Å². The summed E-state index contributed by atoms with van der Waals surface area (Å²) >= 11 is 11.1. The van der Waals surface area contributed by atoms with Gasteiger partial charge in [-0.25, -0.2) is 0 Å². The Balaban J connectivity index is 1.98. The van der Waals surface area contributed by atoms with Gasteiger partial charge in [-0.2, -0.15) is 0 Å². The minimum Gasteiger partial charge on any atom is -0.389 e. The van der Waals surface area contributed by atoms with E-state index in [9.17, 15) is 0 Å². The molecule has 0 aliphatic heterocycles. The number of benzene rings is 1. The Bertz CT molecular complexity index is 453. The van der Waals surface area contributed by atoms with Crippen molar-refractivity contribution in [3.8, 4) is 0 Å². The third-order valence-electron chi connectivity index (χ3n) is 3.96. The predicted octanol–water partition coefficient (Wildman–Crippen LogP) is 4.21. The molecule has 0 spiro atoms. The van der Waals surface area contributed by atoms with Crippen LogP contribution in [0.15, 0.2) is 18.2 Å². The molecule has 0 unspecified atom stereocenters. The van der Waals surface area contributed by atoms with Gasteiger partial charge < -0.3 is 11.1 Å². The van der Waals surface area contributed by atoms with Crippen molar-refractivity contribution in [1.82, 2.24) is 0 Å². The monoisotopic (exact) mass is 296 g/mol. The smallest absolute Gasteiger partial charge is 0.106 e. The van der Waals surface area contributed by atoms with Crippen molar-refractivity contribution < 1.29 is 0 Å². The van der Waals surface area contributed by atoms with Gasteiger partial charge >= 0.3 is 0 Å². The van der Waals surface area contributed by atoms with Gasteiger partial charge in [0, 0.05) is 22.8 Å². The molecular weight excluding hydrogens is 276 g/mol. The fourth-order valence-corrected chi connectivity index (χ4v) is 3.02. The summed E-state index contributed by atoms with van der Waals surface area (Å²) in [6.45, 7) is 3.31. The molecule has 0 atom stereocenters. The maximum atomic E-state index is 6.04. The number of nitrogens with one attached hydrogen (secondary N) is 1. The number of anilines is 1. The molecule has 0 amide bonds. The van der Waals surface area contributed by atoms with E-state index in [0.717, 1.165) is 29.6 Å². The lowest BCUT2D eigenvalue weighted by atomic mass is 9.83. The Kier molecular flexibility index (Phi) is 5.06. The number of hydrogen-bond donors (Lipinski definition) is 2. The molecule has 104 valence electrons. The molecule has 3 N–H and O–H groups in total. The van der Waals surface area contributed by atoms with Crippen LogP contribution in [0.5, 0.6) is 0 Å². The lowest BCUT2D eigenvalue weighted by Crippen LogP contribution is -2.21. The van der Waals surface area contributed by atoms with Gasteiger partial charge in [-0.15, -0.1) is 0 Å². The van der Waals surface area contributed by atoms with Crippen molar-refractivity contribution >= 4 is 34.5 Å². The molecule has 4 heteroatoms. The molecule has 0 saturated heterocycles. The van der Waals surface area contributed by atoms with Crippen LogP contribution in [0, 0.1) is 11.8 Å². The summed E-state index contributed by atoms with van der Waals surface area (Å²) in [5.41, 5.74) is 7.58. The number of halogens is 1. The number of hydrogen-bond acceptors (Lipinski definition) is 2. The summed E-state index contributed by atoms with van der Waals surface area (Å²) in [6, 6.07) is 5.61. The Labute approximate surface area is 125 Å². The standard InChI is InChI=1S/C15H21ClN2S/c1-10-2-4-11(5-3-10)9-18-14-8-12(16)6-7-13(14)15(17)19/h6-8,10-11,18H,2-5,9H2,1H3,(H2,17,19). The number of thiocarbonyl (C=S) groups is 1. The molecule has 1 aliphatic rings. The molecule has 1 fully saturated rings. The van der Waals surface area contributed by atoms with Crippen LogP contribution in [0.25, 0.3) is 0 Å². The first kappa shape index (κ1) is 14.6. The quantitative estimate of drug-likeness (QED) is 0.817. The van der Waals surface area contributed by atoms with Crippen LogP contribution in [-0.2, 0) is 0 Å². The van der Waals surface area contributed by atoms with E-state index in [1.54, 1.807) is 0 Å². The molecule has 19 heavy (non-hydrogen) atoms. The molecule has 1 aromatic carbocycles. The molecule has 1 saturated carbocycles. The topological polar surface area (TPSA) is 38.0 Å². The fraction of sp³-hybridized carbons (Fsp3) is 0.533. The minimum atomic E-state index is 0.413. The number of nitrogens with two attached hydrogens (primary N) is 1. The van der Waals surface area contributed by atoms with Gasteiger partial charge in [-0.3, -0.25) is 0 Å². The zero-order chi connectivity index (χ0) is 13.8. The fourth-order valence-electron chi connectivity index (χ4n) is 2.67. The summed E-state index contributed by atoms with van der Waals surface area (Å²) in [6.07, 6.45) is 5.28. The van der Waals surface area contributed by atoms with E-state index in [1.165, 1.54) is 25.7 Å². The van der Waals surface area contributed by atoms with E-state index in [4.69, 9.17) is 29.6 Å². The predicted molar refractivity (Wildman–Crippen MR) is 87.0 cm³/mol. The zero-order valence-corrected chi connectivity index (χ0v) is 12.9. The van der Waals surface area contributed by atoms with Crippen LogP contribution in [-0.4, -0.2) is 11.5 Å². The van der Waals surface area contributed by atoms with Crippen molar-refractivity contribution in [1.29, 1.82) is 0 Å². The van der Waals surface area contributed by atoms with Crippen molar-refractivity contribution in [2.75, 3.05) is 11.9 Å². The first-order chi connectivity index (χ1) is 9.06. The first-order valence-electron chi connectivity index (χ1n) is 6.89. The lowest BCUT2D eigenvalue weighted by Gasteiger charge is -2.27. The molecule has 0 bridgehead atoms. The second-order valence-electron chi connectivity index (χ2n) is 5.56. The Hall–Kier alpha value is -0.800. The van der Waals surface area contributed by atoms with Crippen LogP contribution in [0.2, 0.25) is 5.02 Å². The summed E-state index contributed by atoms with van der Waals surface area (Å²) in [5.74, 6) is 1.63. The van der Waals surface area contributed by atoms with Crippen LogP contribution in [0.4, 0.5) is 5.69 Å². The third-order valence-corrected chi connectivity index (χ3v) is 4.42. The summed E-state index contributed by atoms with van der Waals surface area (Å²) in [4.78, 5) is 0.413. The van der Waals surface area contributed by atoms with Crippen LogP contribution in [0.1, 0.15) is 38.2 Å². The normalized spacial score (nSPS) is 23.1. The van der Waals surface area contributed by atoms with E-state index in [-0.39, 0.29) is 0 Å². The molecule has 2 nitrogen and oxygen atoms in total. The van der Waals surface area contributed by atoms with Crippen molar-refractivity contribution in [2.45, 2.75) is 32.6 Å². The van der Waals surface area contributed by atoms with Gasteiger partial charge in [-0.1, -0.05) is 43.6 Å². The highest BCUT2D eigenvalue weighted by atomic mass is 35.5. The molecule has 2 rings (SSSR count). The Morgan fingerprint density at radius 3 is 2.68 bits per heavy atom. The van der Waals surface area contributed by atoms with Gasteiger partial charge in [0.15, 0.2) is 0 Å². The van der Waals surface area contributed by atoms with Gasteiger partial charge in [0.1, 0.15) is 4.99 Å². The molecule has 0 aromatic heterocycles. The molecular formula is C15H21ClN2S. The zero-order valence-electron chi connectivity index (χ0n) is 11.3. The van der Waals surface area contributed by atoms with Gasteiger partial charge in [-0.05, 0) is 42.9 Å². The van der Waals surface area contributed by atoms with E-state index >= 15 is 0 Å². The maximum absolute atomic E-state index is 6.04. The number of rotatable bonds is 4. The van der Waals surface area contributed by atoms with Crippen molar-refractivity contribution in [2.24, 2.45) is 17.6 Å². The second kappa shape index (κ2) is 6.58. The SMILES string of the molecule is CC1CCC(CNc2cc(Cl)ccc2C(N)=S)CC1. The molecule has 1 aliphatic carbocycles. The average Bonchev–Trinajstić information content (AvgIpc) is 2.38. The highest BCUT2D eigenvalue weighted by Crippen LogP contribution is 2.29. The average molecular weight is 297 g/mol. The summed E-state index contributed by atoms with van der Waals surface area (Å²) in [7, 11) is 0. The van der Waals surface area contributed by atoms with Crippen LogP contribution >= 0.6 is 23.8 Å². The third kappa shape index (κ3) is 4.08. The van der Waals surface area contributed by atoms with Gasteiger partial charge in [0.25, 0.3) is 0 Å². The van der Waals surface area contributed by atoms with E-state index in [2.05, 4.69) is 12.2 Å². The summed E-state index contributed by atoms with van der Waals surface area (Å²) in [5, 5.41) is 4.18. The first-order valence-corrected chi connectivity index (χ1v) is 7.68. The lowest BCUT2D eigenvalue weighted by molar-refractivity contribution is 0.300. The Morgan fingerprint density at radius 2 is 2.05 bits per heavy atom. The molecule has 1 aromatic rings.